The summed E-state index contributed by atoms with van der Waals surface area (Å²) in [5, 5.41) is 12.4. The zero-order chi connectivity index (χ0) is 10.4. The fourth-order valence-corrected chi connectivity index (χ4v) is 2.47. The van der Waals surface area contributed by atoms with Gasteiger partial charge in [-0.25, -0.2) is 0 Å². The van der Waals surface area contributed by atoms with Crippen LogP contribution >= 0.6 is 0 Å². The average Bonchev–Trinajstić information content (AvgIpc) is 2.15. The maximum Gasteiger partial charge on any atom is 0.0431 e. The Morgan fingerprint density at radius 3 is 2.86 bits per heavy atom. The van der Waals surface area contributed by atoms with Crippen molar-refractivity contribution in [1.29, 1.82) is 0 Å². The zero-order valence-electron chi connectivity index (χ0n) is 9.63. The van der Waals surface area contributed by atoms with E-state index in [-0.39, 0.29) is 0 Å². The average molecular weight is 199 g/mol. The lowest BCUT2D eigenvalue weighted by atomic mass is 9.86. The smallest absolute Gasteiger partial charge is 0.0431 e. The van der Waals surface area contributed by atoms with E-state index in [2.05, 4.69) is 19.2 Å². The molecule has 1 saturated carbocycles. The minimum atomic E-state index is 0.326. The summed E-state index contributed by atoms with van der Waals surface area (Å²) in [6.45, 7) is 4.91. The van der Waals surface area contributed by atoms with Gasteiger partial charge in [0.1, 0.15) is 0 Å². The van der Waals surface area contributed by atoms with Crippen LogP contribution in [-0.2, 0) is 0 Å². The molecular formula is C12H25NO. The monoisotopic (exact) mass is 199 g/mol. The number of aliphatic hydroxyl groups excluding tert-OH is 1. The summed E-state index contributed by atoms with van der Waals surface area (Å²) < 4.78 is 0. The van der Waals surface area contributed by atoms with Crippen LogP contribution in [0, 0.1) is 5.92 Å². The number of rotatable bonds is 5. The summed E-state index contributed by atoms with van der Waals surface area (Å²) >= 11 is 0. The second kappa shape index (κ2) is 6.41. The summed E-state index contributed by atoms with van der Waals surface area (Å²) in [4.78, 5) is 0. The predicted octanol–water partition coefficient (Wildman–Crippen LogP) is 2.32. The van der Waals surface area contributed by atoms with E-state index in [4.69, 9.17) is 5.11 Å². The van der Waals surface area contributed by atoms with Gasteiger partial charge in [-0.3, -0.25) is 0 Å². The molecule has 0 unspecified atom stereocenters. The third-order valence-corrected chi connectivity index (χ3v) is 3.25. The van der Waals surface area contributed by atoms with Crippen LogP contribution in [0.15, 0.2) is 0 Å². The summed E-state index contributed by atoms with van der Waals surface area (Å²) in [6.07, 6.45) is 7.49. The topological polar surface area (TPSA) is 32.3 Å². The molecule has 0 heterocycles. The molecule has 0 spiro atoms. The van der Waals surface area contributed by atoms with E-state index in [0.29, 0.717) is 12.6 Å². The van der Waals surface area contributed by atoms with Crippen LogP contribution in [0.5, 0.6) is 0 Å². The Morgan fingerprint density at radius 2 is 2.21 bits per heavy atom. The summed E-state index contributed by atoms with van der Waals surface area (Å²) in [6, 6.07) is 1.30. The molecule has 1 aliphatic carbocycles. The molecule has 2 N–H and O–H groups in total. The highest BCUT2D eigenvalue weighted by atomic mass is 16.2. The van der Waals surface area contributed by atoms with Gasteiger partial charge in [0, 0.05) is 18.7 Å². The van der Waals surface area contributed by atoms with Gasteiger partial charge in [-0.15, -0.1) is 0 Å². The Hall–Kier alpha value is -0.0800. The molecule has 0 aromatic heterocycles. The first-order chi connectivity index (χ1) is 6.72. The van der Waals surface area contributed by atoms with Crippen LogP contribution in [0.25, 0.3) is 0 Å². The van der Waals surface area contributed by atoms with Gasteiger partial charge >= 0.3 is 0 Å². The molecule has 0 aromatic carbocycles. The van der Waals surface area contributed by atoms with Gasteiger partial charge in [0.05, 0.1) is 0 Å². The quantitative estimate of drug-likeness (QED) is 0.712. The Morgan fingerprint density at radius 1 is 1.43 bits per heavy atom. The predicted molar refractivity (Wildman–Crippen MR) is 60.3 cm³/mol. The lowest BCUT2D eigenvalue weighted by Gasteiger charge is -2.30. The minimum Gasteiger partial charge on any atom is -0.396 e. The molecule has 0 amide bonds. The third kappa shape index (κ3) is 4.43. The van der Waals surface area contributed by atoms with E-state index in [1.165, 1.54) is 25.7 Å². The fraction of sp³-hybridized carbons (Fsp3) is 1.00. The van der Waals surface area contributed by atoms with Crippen molar-refractivity contribution < 1.29 is 5.11 Å². The highest BCUT2D eigenvalue weighted by Crippen LogP contribution is 2.23. The summed E-state index contributed by atoms with van der Waals surface area (Å²) in [5.41, 5.74) is 0. The van der Waals surface area contributed by atoms with Crippen LogP contribution in [0.2, 0.25) is 0 Å². The lowest BCUT2D eigenvalue weighted by Crippen LogP contribution is -2.39. The van der Waals surface area contributed by atoms with Gasteiger partial charge < -0.3 is 10.4 Å². The SMILES string of the molecule is C[C@H]1CCC[C@@H](N[C@@H](C)CCCO)C1. The van der Waals surface area contributed by atoms with Crippen molar-refractivity contribution in [3.8, 4) is 0 Å². The highest BCUT2D eigenvalue weighted by Gasteiger charge is 2.19. The van der Waals surface area contributed by atoms with Crippen molar-refractivity contribution in [3.63, 3.8) is 0 Å². The molecule has 1 rings (SSSR count). The first kappa shape index (κ1) is 12.0. The maximum absolute atomic E-state index is 8.74. The van der Waals surface area contributed by atoms with E-state index in [9.17, 15) is 0 Å². The zero-order valence-corrected chi connectivity index (χ0v) is 9.63. The molecule has 3 atom stereocenters. The van der Waals surface area contributed by atoms with E-state index >= 15 is 0 Å². The molecule has 1 fully saturated rings. The Labute approximate surface area is 88.1 Å². The maximum atomic E-state index is 8.74. The second-order valence-electron chi connectivity index (χ2n) is 4.90. The van der Waals surface area contributed by atoms with Crippen LogP contribution in [-0.4, -0.2) is 23.8 Å². The Kier molecular flexibility index (Phi) is 5.49. The summed E-state index contributed by atoms with van der Waals surface area (Å²) in [7, 11) is 0. The molecule has 84 valence electrons. The van der Waals surface area contributed by atoms with Crippen molar-refractivity contribution in [3.05, 3.63) is 0 Å². The highest BCUT2D eigenvalue weighted by molar-refractivity contribution is 4.78. The van der Waals surface area contributed by atoms with E-state index in [0.717, 1.165) is 24.8 Å². The molecule has 2 heteroatoms. The van der Waals surface area contributed by atoms with Gasteiger partial charge in [0.2, 0.25) is 0 Å². The number of hydrogen-bond acceptors (Lipinski definition) is 2. The molecule has 14 heavy (non-hydrogen) atoms. The molecule has 2 nitrogen and oxygen atoms in total. The second-order valence-corrected chi connectivity index (χ2v) is 4.90. The largest absolute Gasteiger partial charge is 0.396 e. The Balaban J connectivity index is 2.15. The van der Waals surface area contributed by atoms with Crippen molar-refractivity contribution in [2.45, 2.75) is 64.5 Å². The van der Waals surface area contributed by atoms with E-state index in [1.54, 1.807) is 0 Å². The molecular weight excluding hydrogens is 174 g/mol. The molecule has 1 aliphatic rings. The van der Waals surface area contributed by atoms with Crippen molar-refractivity contribution in [2.75, 3.05) is 6.61 Å². The molecule has 0 radical (unpaired) electrons. The molecule has 0 bridgehead atoms. The molecule has 0 saturated heterocycles. The van der Waals surface area contributed by atoms with Crippen LogP contribution < -0.4 is 5.32 Å². The van der Waals surface area contributed by atoms with Gasteiger partial charge in [-0.2, -0.15) is 0 Å². The normalized spacial score (nSPS) is 30.2. The first-order valence-electron chi connectivity index (χ1n) is 6.09. The molecule has 0 aromatic rings. The van der Waals surface area contributed by atoms with Crippen molar-refractivity contribution >= 4 is 0 Å². The molecule has 0 aliphatic heterocycles. The summed E-state index contributed by atoms with van der Waals surface area (Å²) in [5.74, 6) is 0.895. The number of nitrogens with one attached hydrogen (secondary N) is 1. The van der Waals surface area contributed by atoms with Gasteiger partial charge in [-0.1, -0.05) is 19.8 Å². The lowest BCUT2D eigenvalue weighted by molar-refractivity contribution is 0.255. The fourth-order valence-electron chi connectivity index (χ4n) is 2.47. The van der Waals surface area contributed by atoms with Crippen molar-refractivity contribution in [1.82, 2.24) is 5.32 Å². The van der Waals surface area contributed by atoms with E-state index in [1.807, 2.05) is 0 Å². The standard InChI is InChI=1S/C12H25NO/c1-10-5-3-7-12(9-10)13-11(2)6-4-8-14/h10-14H,3-9H2,1-2H3/t10-,11-,12+/m0/s1. The van der Waals surface area contributed by atoms with Crippen LogP contribution in [0.4, 0.5) is 0 Å². The van der Waals surface area contributed by atoms with Crippen LogP contribution in [0.3, 0.4) is 0 Å². The van der Waals surface area contributed by atoms with Gasteiger partial charge in [-0.05, 0) is 38.5 Å². The first-order valence-corrected chi connectivity index (χ1v) is 6.09. The van der Waals surface area contributed by atoms with Crippen LogP contribution in [0.1, 0.15) is 52.4 Å². The van der Waals surface area contributed by atoms with Gasteiger partial charge in [0.15, 0.2) is 0 Å². The number of aliphatic hydroxyl groups is 1. The van der Waals surface area contributed by atoms with Crippen molar-refractivity contribution in [2.24, 2.45) is 5.92 Å². The van der Waals surface area contributed by atoms with E-state index < -0.39 is 0 Å². The minimum absolute atomic E-state index is 0.326. The third-order valence-electron chi connectivity index (χ3n) is 3.25. The Bertz CT molecular complexity index is 149. The number of hydrogen-bond donors (Lipinski definition) is 2. The van der Waals surface area contributed by atoms with Gasteiger partial charge in [0.25, 0.3) is 0 Å².